The minimum Gasteiger partial charge on any atom is -0.390 e. The molecule has 2 saturated heterocycles. The molecule has 1 aromatic carbocycles. The zero-order valence-corrected chi connectivity index (χ0v) is 19.6. The van der Waals surface area contributed by atoms with Crippen LogP contribution in [-0.2, 0) is 20.8 Å². The summed E-state index contributed by atoms with van der Waals surface area (Å²) in [6, 6.07) is 2.82. The number of anilines is 1. The molecule has 11 N–H and O–H groups in total. The average Bonchev–Trinajstić information content (AvgIpc) is 3.27. The van der Waals surface area contributed by atoms with E-state index in [-0.39, 0.29) is 29.4 Å². The highest BCUT2D eigenvalue weighted by Crippen LogP contribution is 2.36. The van der Waals surface area contributed by atoms with Gasteiger partial charge in [0.05, 0.1) is 16.6 Å². The fraction of sp³-hybridized carbons (Fsp3) is 0.556. The summed E-state index contributed by atoms with van der Waals surface area (Å²) in [7, 11) is -7.00. The van der Waals surface area contributed by atoms with E-state index in [0.717, 1.165) is 19.5 Å². The van der Waals surface area contributed by atoms with Crippen molar-refractivity contribution in [3.63, 3.8) is 0 Å². The van der Waals surface area contributed by atoms with Gasteiger partial charge in [0, 0.05) is 31.9 Å². The molecule has 184 valence electrons. The number of amides is 1. The van der Waals surface area contributed by atoms with Gasteiger partial charge >= 0.3 is 5.24 Å². The fourth-order valence-corrected chi connectivity index (χ4v) is 6.55. The number of carbonyl (C=O) groups is 1. The Morgan fingerprint density at radius 2 is 2.06 bits per heavy atom. The third kappa shape index (κ3) is 5.44. The normalized spacial score (nSPS) is 23.1. The molecule has 13 nitrogen and oxygen atoms in total. The Morgan fingerprint density at radius 3 is 2.70 bits per heavy atom. The summed E-state index contributed by atoms with van der Waals surface area (Å²) in [4.78, 5) is 13.4. The average molecular weight is 503 g/mol. The summed E-state index contributed by atoms with van der Waals surface area (Å²) in [5.41, 5.74) is 11.6. The molecule has 0 saturated carbocycles. The van der Waals surface area contributed by atoms with Gasteiger partial charge in [-0.15, -0.1) is 0 Å². The molecule has 0 bridgehead atoms. The van der Waals surface area contributed by atoms with Crippen LogP contribution in [0.2, 0.25) is 0 Å². The first kappa shape index (κ1) is 25.3. The number of nitrogens with one attached hydrogen (secondary N) is 2. The quantitative estimate of drug-likeness (QED) is 0.0869. The van der Waals surface area contributed by atoms with Crippen LogP contribution in [0.1, 0.15) is 12.0 Å². The Morgan fingerprint density at radius 1 is 1.36 bits per heavy atom. The molecule has 33 heavy (non-hydrogen) atoms. The zero-order valence-electron chi connectivity index (χ0n) is 17.9. The smallest absolute Gasteiger partial charge is 0.314 e. The maximum atomic E-state index is 12.9. The highest BCUT2D eigenvalue weighted by Gasteiger charge is 2.36. The Labute approximate surface area is 194 Å². The number of carbonyl (C=O) groups excluding carboxylic acids is 1. The van der Waals surface area contributed by atoms with Crippen molar-refractivity contribution in [1.29, 1.82) is 0 Å². The second kappa shape index (κ2) is 10.3. The van der Waals surface area contributed by atoms with Crippen molar-refractivity contribution in [2.45, 2.75) is 22.3 Å². The van der Waals surface area contributed by atoms with Gasteiger partial charge in [-0.2, -0.15) is 5.10 Å². The lowest BCUT2D eigenvalue weighted by molar-refractivity contribution is 0.181. The number of fused-ring (bicyclic) bond motifs is 1. The summed E-state index contributed by atoms with van der Waals surface area (Å²) in [6.07, 6.45) is -0.157. The van der Waals surface area contributed by atoms with Crippen molar-refractivity contribution < 1.29 is 22.5 Å². The minimum atomic E-state index is -4.51. The van der Waals surface area contributed by atoms with Crippen molar-refractivity contribution in [3.8, 4) is 0 Å². The number of nitrogens with two attached hydrogens (primary N) is 4. The summed E-state index contributed by atoms with van der Waals surface area (Å²) >= 11 is 0. The molecule has 2 aliphatic rings. The fourth-order valence-electron chi connectivity index (χ4n) is 4.26. The first-order chi connectivity index (χ1) is 15.6. The van der Waals surface area contributed by atoms with Crippen LogP contribution in [0.15, 0.2) is 27.0 Å². The van der Waals surface area contributed by atoms with E-state index in [2.05, 4.69) is 15.7 Å². The molecule has 0 aromatic heterocycles. The lowest BCUT2D eigenvalue weighted by Gasteiger charge is -2.37. The number of hydrogen-bond donors (Lipinski definition) is 7. The van der Waals surface area contributed by atoms with Crippen LogP contribution in [0.25, 0.3) is 0 Å². The first-order valence-corrected chi connectivity index (χ1v) is 13.0. The molecule has 15 heteroatoms. The molecule has 1 amide bonds. The lowest BCUT2D eigenvalue weighted by Crippen LogP contribution is -2.41. The third-order valence-corrected chi connectivity index (χ3v) is 8.29. The van der Waals surface area contributed by atoms with Crippen LogP contribution >= 0.6 is 0 Å². The SMILES string of the molecule is NC[C@@H](O)CNC(=O)[S@](=O)c1ccc(N2CCC3CNCC3C2)c(/C(N)=N/N)c1S(N)(=O)=O. The summed E-state index contributed by atoms with van der Waals surface area (Å²) in [5, 5.41) is 23.1. The van der Waals surface area contributed by atoms with Crippen molar-refractivity contribution in [2.24, 2.45) is 39.4 Å². The molecule has 0 spiro atoms. The van der Waals surface area contributed by atoms with E-state index >= 15 is 0 Å². The predicted molar refractivity (Wildman–Crippen MR) is 124 cm³/mol. The predicted octanol–water partition coefficient (Wildman–Crippen LogP) is -2.90. The summed E-state index contributed by atoms with van der Waals surface area (Å²) < 4.78 is 38.2. The van der Waals surface area contributed by atoms with Crippen LogP contribution in [0.4, 0.5) is 10.5 Å². The maximum absolute atomic E-state index is 12.9. The van der Waals surface area contributed by atoms with Gasteiger partial charge in [-0.1, -0.05) is 0 Å². The van der Waals surface area contributed by atoms with Gasteiger partial charge in [0.1, 0.15) is 15.7 Å². The molecular weight excluding hydrogens is 472 g/mol. The van der Waals surface area contributed by atoms with Crippen molar-refractivity contribution in [1.82, 2.24) is 10.6 Å². The number of hydrogen-bond acceptors (Lipinski definition) is 10. The molecule has 2 aliphatic heterocycles. The highest BCUT2D eigenvalue weighted by molar-refractivity contribution is 8.01. The van der Waals surface area contributed by atoms with Crippen LogP contribution < -0.4 is 38.0 Å². The van der Waals surface area contributed by atoms with Gasteiger partial charge in [0.2, 0.25) is 10.0 Å². The number of primary sulfonamides is 1. The van der Waals surface area contributed by atoms with Crippen molar-refractivity contribution in [2.75, 3.05) is 44.2 Å². The van der Waals surface area contributed by atoms with Crippen LogP contribution in [0, 0.1) is 11.8 Å². The molecule has 4 atom stereocenters. The standard InChI is InChI=1S/C18H30N8O5S2/c19-5-12(27)8-24-18(28)32(29)14-2-1-13(15(17(20)25-21)16(14)33(22,30)31)26-4-3-10-6-23-7-11(10)9-26/h1-2,10-12,23,27H,3-9,19,21H2,(H2,20,25)(H,24,28)(H2,22,30,31)/t10?,11?,12-,32-/m1/s1. The van der Waals surface area contributed by atoms with Gasteiger partial charge in [-0.3, -0.25) is 4.79 Å². The molecule has 0 radical (unpaired) electrons. The monoisotopic (exact) mass is 502 g/mol. The van der Waals surface area contributed by atoms with Crippen LogP contribution in [-0.4, -0.2) is 74.2 Å². The van der Waals surface area contributed by atoms with E-state index in [9.17, 15) is 22.5 Å². The second-order valence-corrected chi connectivity index (χ2v) is 10.9. The largest absolute Gasteiger partial charge is 0.390 e. The number of aliphatic hydroxyl groups excluding tert-OH is 1. The number of sulfonamides is 1. The molecule has 2 unspecified atom stereocenters. The number of amidine groups is 1. The topological polar surface area (TPSA) is 232 Å². The number of piperidine rings is 1. The van der Waals surface area contributed by atoms with E-state index < -0.39 is 37.1 Å². The Hall–Kier alpha value is -2.30. The van der Waals surface area contributed by atoms with E-state index in [1.165, 1.54) is 6.07 Å². The molecule has 1 aromatic rings. The van der Waals surface area contributed by atoms with Gasteiger partial charge in [-0.05, 0) is 43.5 Å². The van der Waals surface area contributed by atoms with Crippen molar-refractivity contribution in [3.05, 3.63) is 17.7 Å². The van der Waals surface area contributed by atoms with Crippen LogP contribution in [0.3, 0.4) is 0 Å². The lowest BCUT2D eigenvalue weighted by atomic mass is 9.88. The van der Waals surface area contributed by atoms with Gasteiger partial charge < -0.3 is 38.0 Å². The minimum absolute atomic E-state index is 0.0925. The molecule has 2 heterocycles. The van der Waals surface area contributed by atoms with E-state index in [0.29, 0.717) is 30.6 Å². The van der Waals surface area contributed by atoms with Gasteiger partial charge in [-0.25, -0.2) is 17.8 Å². The number of aliphatic hydroxyl groups is 1. The molecular formula is C18H30N8O5S2. The number of hydrazone groups is 1. The Bertz CT molecular complexity index is 1060. The third-order valence-electron chi connectivity index (χ3n) is 5.95. The Balaban J connectivity index is 2.07. The van der Waals surface area contributed by atoms with E-state index in [1.54, 1.807) is 6.07 Å². The highest BCUT2D eigenvalue weighted by atomic mass is 32.2. The molecule has 0 aliphatic carbocycles. The Kier molecular flexibility index (Phi) is 7.92. The molecule has 2 fully saturated rings. The molecule has 3 rings (SSSR count). The van der Waals surface area contributed by atoms with Crippen LogP contribution in [0.5, 0.6) is 0 Å². The van der Waals surface area contributed by atoms with Crippen molar-refractivity contribution >= 4 is 37.6 Å². The number of nitrogens with zero attached hydrogens (tertiary/aromatic N) is 2. The van der Waals surface area contributed by atoms with Gasteiger partial charge in [0.25, 0.3) is 0 Å². The van der Waals surface area contributed by atoms with Gasteiger partial charge in [0.15, 0.2) is 5.84 Å². The number of rotatable bonds is 7. The second-order valence-electron chi connectivity index (χ2n) is 8.09. The first-order valence-electron chi connectivity index (χ1n) is 10.3. The van der Waals surface area contributed by atoms with E-state index in [4.69, 9.17) is 22.4 Å². The summed E-state index contributed by atoms with van der Waals surface area (Å²) in [5.74, 6) is 5.97. The maximum Gasteiger partial charge on any atom is 0.314 e. The number of benzene rings is 1. The zero-order chi connectivity index (χ0) is 24.3. The summed E-state index contributed by atoms with van der Waals surface area (Å²) in [6.45, 7) is 2.69. The van der Waals surface area contributed by atoms with E-state index in [1.807, 2.05) is 4.90 Å².